The van der Waals surface area contributed by atoms with Crippen molar-refractivity contribution in [3.63, 3.8) is 0 Å². The Labute approximate surface area is 152 Å². The van der Waals surface area contributed by atoms with Crippen molar-refractivity contribution in [2.45, 2.75) is 33.6 Å². The summed E-state index contributed by atoms with van der Waals surface area (Å²) < 4.78 is 1.82. The first-order chi connectivity index (χ1) is 11.8. The number of nitrogens with zero attached hydrogens (tertiary/aromatic N) is 2. The highest BCUT2D eigenvalue weighted by atomic mass is 35.5. The van der Waals surface area contributed by atoms with Crippen LogP contribution in [0.1, 0.15) is 40.7 Å². The molecule has 0 radical (unpaired) electrons. The normalized spacial score (nSPS) is 10.6. The Balaban J connectivity index is 2.03. The van der Waals surface area contributed by atoms with E-state index in [0.717, 1.165) is 17.0 Å². The van der Waals surface area contributed by atoms with Crippen molar-refractivity contribution >= 4 is 29.1 Å². The Kier molecular flexibility index (Phi) is 6.20. The van der Waals surface area contributed by atoms with Crippen molar-refractivity contribution in [1.29, 1.82) is 0 Å². The molecule has 0 bridgehead atoms. The van der Waals surface area contributed by atoms with E-state index >= 15 is 0 Å². The molecule has 134 valence electrons. The molecule has 7 heteroatoms. The molecule has 0 saturated heterocycles. The third-order valence-corrected chi connectivity index (χ3v) is 4.42. The molecule has 2 aromatic rings. The number of anilines is 1. The van der Waals surface area contributed by atoms with Gasteiger partial charge in [-0.3, -0.25) is 14.3 Å². The van der Waals surface area contributed by atoms with Gasteiger partial charge in [0.05, 0.1) is 16.3 Å². The van der Waals surface area contributed by atoms with Gasteiger partial charge in [0.1, 0.15) is 0 Å². The molecule has 0 spiro atoms. The standard InChI is InChI=1S/C18H23ClN4O2/c1-5-20-18(25)15-10-13(6-8-16(15)19)21-17(24)9-7-14-11(2)22-23(4)12(14)3/h6,8,10H,5,7,9H2,1-4H3,(H,20,25)(H,21,24). The number of aryl methyl sites for hydroxylation is 2. The highest BCUT2D eigenvalue weighted by Crippen LogP contribution is 2.21. The average Bonchev–Trinajstić information content (AvgIpc) is 2.80. The average molecular weight is 363 g/mol. The number of hydrogen-bond acceptors (Lipinski definition) is 3. The number of amides is 2. The van der Waals surface area contributed by atoms with Crippen LogP contribution in [0.3, 0.4) is 0 Å². The fourth-order valence-corrected chi connectivity index (χ4v) is 2.88. The zero-order valence-corrected chi connectivity index (χ0v) is 15.7. The van der Waals surface area contributed by atoms with Crippen LogP contribution in [0.4, 0.5) is 5.69 Å². The number of halogens is 1. The molecule has 2 N–H and O–H groups in total. The van der Waals surface area contributed by atoms with Gasteiger partial charge in [0, 0.05) is 31.4 Å². The number of carbonyl (C=O) groups is 2. The molecule has 25 heavy (non-hydrogen) atoms. The third-order valence-electron chi connectivity index (χ3n) is 4.09. The van der Waals surface area contributed by atoms with Crippen LogP contribution in [0.5, 0.6) is 0 Å². The molecule has 2 amide bonds. The number of rotatable bonds is 6. The minimum absolute atomic E-state index is 0.119. The van der Waals surface area contributed by atoms with Crippen LogP contribution in [0.15, 0.2) is 18.2 Å². The summed E-state index contributed by atoms with van der Waals surface area (Å²) in [7, 11) is 1.89. The second-order valence-corrected chi connectivity index (χ2v) is 6.28. The predicted molar refractivity (Wildman–Crippen MR) is 99.1 cm³/mol. The van der Waals surface area contributed by atoms with Crippen molar-refractivity contribution in [2.75, 3.05) is 11.9 Å². The quantitative estimate of drug-likeness (QED) is 0.829. The lowest BCUT2D eigenvalue weighted by Crippen LogP contribution is -2.23. The van der Waals surface area contributed by atoms with Crippen LogP contribution in [0.2, 0.25) is 5.02 Å². The van der Waals surface area contributed by atoms with Crippen molar-refractivity contribution in [3.05, 3.63) is 45.7 Å². The van der Waals surface area contributed by atoms with E-state index < -0.39 is 0 Å². The van der Waals surface area contributed by atoms with Crippen LogP contribution >= 0.6 is 11.6 Å². The first-order valence-electron chi connectivity index (χ1n) is 8.20. The fraction of sp³-hybridized carbons (Fsp3) is 0.389. The van der Waals surface area contributed by atoms with Gasteiger partial charge in [-0.25, -0.2) is 0 Å². The molecule has 1 aromatic heterocycles. The molecule has 0 fully saturated rings. The molecule has 0 aliphatic heterocycles. The van der Waals surface area contributed by atoms with Gasteiger partial charge >= 0.3 is 0 Å². The lowest BCUT2D eigenvalue weighted by molar-refractivity contribution is -0.116. The molecule has 6 nitrogen and oxygen atoms in total. The molecular weight excluding hydrogens is 340 g/mol. The number of hydrogen-bond donors (Lipinski definition) is 2. The van der Waals surface area contributed by atoms with E-state index in [0.29, 0.717) is 35.7 Å². The smallest absolute Gasteiger partial charge is 0.252 e. The summed E-state index contributed by atoms with van der Waals surface area (Å²) in [6, 6.07) is 4.88. The van der Waals surface area contributed by atoms with Crippen LogP contribution in [-0.4, -0.2) is 28.1 Å². The zero-order valence-electron chi connectivity index (χ0n) is 14.9. The van der Waals surface area contributed by atoms with Gasteiger partial charge in [-0.1, -0.05) is 11.6 Å². The number of carbonyl (C=O) groups excluding carboxylic acids is 2. The summed E-state index contributed by atoms with van der Waals surface area (Å²) in [4.78, 5) is 24.2. The predicted octanol–water partition coefficient (Wildman–Crippen LogP) is 3.01. The molecule has 0 aliphatic carbocycles. The lowest BCUT2D eigenvalue weighted by Gasteiger charge is -2.09. The van der Waals surface area contributed by atoms with Crippen LogP contribution in [0.25, 0.3) is 0 Å². The van der Waals surface area contributed by atoms with Crippen molar-refractivity contribution in [2.24, 2.45) is 7.05 Å². The Morgan fingerprint density at radius 3 is 2.60 bits per heavy atom. The maximum Gasteiger partial charge on any atom is 0.252 e. The summed E-state index contributed by atoms with van der Waals surface area (Å²) in [5.41, 5.74) is 4.00. The van der Waals surface area contributed by atoms with Gasteiger partial charge < -0.3 is 10.6 Å². The summed E-state index contributed by atoms with van der Waals surface area (Å²) >= 11 is 6.06. The molecule has 1 heterocycles. The summed E-state index contributed by atoms with van der Waals surface area (Å²) in [5, 5.41) is 10.2. The van der Waals surface area contributed by atoms with Crippen molar-refractivity contribution in [1.82, 2.24) is 15.1 Å². The van der Waals surface area contributed by atoms with E-state index in [-0.39, 0.29) is 11.8 Å². The van der Waals surface area contributed by atoms with Crippen molar-refractivity contribution in [3.8, 4) is 0 Å². The Bertz CT molecular complexity index is 799. The maximum atomic E-state index is 12.2. The fourth-order valence-electron chi connectivity index (χ4n) is 2.67. The molecule has 1 aromatic carbocycles. The third kappa shape index (κ3) is 4.60. The van der Waals surface area contributed by atoms with Gasteiger partial charge in [0.2, 0.25) is 5.91 Å². The van der Waals surface area contributed by atoms with Crippen LogP contribution in [0, 0.1) is 13.8 Å². The maximum absolute atomic E-state index is 12.2. The Morgan fingerprint density at radius 2 is 2.00 bits per heavy atom. The Hall–Kier alpha value is -2.34. The van der Waals surface area contributed by atoms with Gasteiger partial charge in [-0.05, 0) is 51.0 Å². The first-order valence-corrected chi connectivity index (χ1v) is 8.58. The second-order valence-electron chi connectivity index (χ2n) is 5.88. The largest absolute Gasteiger partial charge is 0.352 e. The van der Waals surface area contributed by atoms with Gasteiger partial charge in [0.15, 0.2) is 0 Å². The van der Waals surface area contributed by atoms with E-state index in [1.165, 1.54) is 0 Å². The molecule has 0 saturated carbocycles. The van der Waals surface area contributed by atoms with Crippen molar-refractivity contribution < 1.29 is 9.59 Å². The van der Waals surface area contributed by atoms with E-state index in [4.69, 9.17) is 11.6 Å². The lowest BCUT2D eigenvalue weighted by atomic mass is 10.1. The van der Waals surface area contributed by atoms with Crippen LogP contribution < -0.4 is 10.6 Å². The van der Waals surface area contributed by atoms with Gasteiger partial charge in [-0.2, -0.15) is 5.10 Å². The number of nitrogens with one attached hydrogen (secondary N) is 2. The highest BCUT2D eigenvalue weighted by Gasteiger charge is 2.14. The van der Waals surface area contributed by atoms with E-state index in [1.807, 2.05) is 32.5 Å². The molecule has 0 unspecified atom stereocenters. The second kappa shape index (κ2) is 8.16. The highest BCUT2D eigenvalue weighted by molar-refractivity contribution is 6.34. The molecular formula is C18H23ClN4O2. The number of aromatic nitrogens is 2. The summed E-state index contributed by atoms with van der Waals surface area (Å²) in [6.07, 6.45) is 0.959. The monoisotopic (exact) mass is 362 g/mol. The van der Waals surface area contributed by atoms with E-state index in [9.17, 15) is 9.59 Å². The molecule has 2 rings (SSSR count). The zero-order chi connectivity index (χ0) is 18.6. The topological polar surface area (TPSA) is 76.0 Å². The van der Waals surface area contributed by atoms with Crippen LogP contribution in [-0.2, 0) is 18.3 Å². The summed E-state index contributed by atoms with van der Waals surface area (Å²) in [5.74, 6) is -0.378. The minimum Gasteiger partial charge on any atom is -0.352 e. The molecule has 0 atom stereocenters. The van der Waals surface area contributed by atoms with E-state index in [2.05, 4.69) is 15.7 Å². The van der Waals surface area contributed by atoms with E-state index in [1.54, 1.807) is 18.2 Å². The minimum atomic E-state index is -0.259. The Morgan fingerprint density at radius 1 is 1.28 bits per heavy atom. The van der Waals surface area contributed by atoms with Gasteiger partial charge in [-0.15, -0.1) is 0 Å². The summed E-state index contributed by atoms with van der Waals surface area (Å²) in [6.45, 7) is 6.28. The number of benzene rings is 1. The molecule has 0 aliphatic rings. The SMILES string of the molecule is CCNC(=O)c1cc(NC(=O)CCc2c(C)nn(C)c2C)ccc1Cl. The first kappa shape index (κ1) is 19.0. The van der Waals surface area contributed by atoms with Gasteiger partial charge in [0.25, 0.3) is 5.91 Å².